The molecular formula is C42H55N5O7S. The van der Waals surface area contributed by atoms with Gasteiger partial charge in [0.1, 0.15) is 18.7 Å². The molecule has 0 aliphatic heterocycles. The van der Waals surface area contributed by atoms with Crippen LogP contribution in [0.1, 0.15) is 68.7 Å². The van der Waals surface area contributed by atoms with E-state index >= 15 is 0 Å². The quantitative estimate of drug-likeness (QED) is 0.0729. The van der Waals surface area contributed by atoms with Crippen LogP contribution >= 0.6 is 11.3 Å². The second kappa shape index (κ2) is 21.3. The van der Waals surface area contributed by atoms with Crippen LogP contribution in [0.15, 0.2) is 78.3 Å². The van der Waals surface area contributed by atoms with Crippen molar-refractivity contribution in [2.45, 2.75) is 104 Å². The molecular weight excluding hydrogens is 719 g/mol. The Morgan fingerprint density at radius 3 is 2.13 bits per heavy atom. The highest BCUT2D eigenvalue weighted by Gasteiger charge is 2.34. The summed E-state index contributed by atoms with van der Waals surface area (Å²) in [5.74, 6) is -1.82. The summed E-state index contributed by atoms with van der Waals surface area (Å²) < 4.78 is 5.50. The van der Waals surface area contributed by atoms with Crippen LogP contribution in [0.25, 0.3) is 10.8 Å². The number of aryl methyl sites for hydroxylation is 1. The zero-order valence-electron chi connectivity index (χ0n) is 32.3. The molecule has 0 aliphatic rings. The van der Waals surface area contributed by atoms with Gasteiger partial charge in [0.25, 0.3) is 0 Å². The molecule has 7 atom stereocenters. The Morgan fingerprint density at radius 2 is 1.45 bits per heavy atom. The molecule has 0 radical (unpaired) electrons. The number of aliphatic hydroxyl groups excluding tert-OH is 2. The summed E-state index contributed by atoms with van der Waals surface area (Å²) in [5, 5.41) is 34.4. The molecule has 0 fully saturated rings. The maximum Gasteiger partial charge on any atom is 0.408 e. The number of aliphatic hydroxyl groups is 2. The molecule has 1 heterocycles. The molecule has 4 aromatic rings. The minimum atomic E-state index is -1.25. The molecule has 0 spiro atoms. The van der Waals surface area contributed by atoms with E-state index in [-0.39, 0.29) is 44.3 Å². The van der Waals surface area contributed by atoms with Gasteiger partial charge in [-0.25, -0.2) is 9.78 Å². The van der Waals surface area contributed by atoms with Crippen LogP contribution in [0.4, 0.5) is 4.79 Å². The van der Waals surface area contributed by atoms with Crippen molar-refractivity contribution >= 4 is 45.9 Å². The Hall–Kier alpha value is -4.85. The minimum Gasteiger partial charge on any atom is -0.445 e. The average molecular weight is 774 g/mol. The molecule has 4 amide bonds. The van der Waals surface area contributed by atoms with Gasteiger partial charge < -0.3 is 36.2 Å². The van der Waals surface area contributed by atoms with E-state index in [9.17, 15) is 29.4 Å². The van der Waals surface area contributed by atoms with E-state index in [2.05, 4.69) is 26.3 Å². The van der Waals surface area contributed by atoms with Gasteiger partial charge in [-0.2, -0.15) is 0 Å². The highest BCUT2D eigenvalue weighted by atomic mass is 32.1. The molecule has 0 aliphatic carbocycles. The lowest BCUT2D eigenvalue weighted by atomic mass is 9.91. The van der Waals surface area contributed by atoms with Crippen LogP contribution in [0, 0.1) is 18.8 Å². The number of benzene rings is 3. The topological polar surface area (TPSA) is 179 Å². The van der Waals surface area contributed by atoms with Gasteiger partial charge in [0.05, 0.1) is 42.4 Å². The lowest BCUT2D eigenvalue weighted by Gasteiger charge is -2.31. The van der Waals surface area contributed by atoms with Crippen molar-refractivity contribution in [3.63, 3.8) is 0 Å². The first-order chi connectivity index (χ1) is 26.4. The number of thiazole rings is 1. The SMILES string of the molecule is CCC(C)[C@H](NC(=O)C(Cc1scnc1C)NC(=O)[C@H](Cc1cccc2ccccc12)NC(=O)OCc1ccccc1)[C@@H](O)CC(=O)N[C@H](CO)[C@@H](C)CC. The Balaban J connectivity index is 1.58. The summed E-state index contributed by atoms with van der Waals surface area (Å²) >= 11 is 1.35. The van der Waals surface area contributed by atoms with Crippen LogP contribution in [-0.4, -0.2) is 75.9 Å². The van der Waals surface area contributed by atoms with E-state index in [1.807, 2.05) is 107 Å². The van der Waals surface area contributed by atoms with Crippen LogP contribution in [0.2, 0.25) is 0 Å². The molecule has 0 saturated heterocycles. The Labute approximate surface area is 327 Å². The Kier molecular flexibility index (Phi) is 16.6. The number of hydrogen-bond donors (Lipinski definition) is 6. The molecule has 0 bridgehead atoms. The van der Waals surface area contributed by atoms with Gasteiger partial charge >= 0.3 is 6.09 Å². The third kappa shape index (κ3) is 12.6. The first-order valence-corrected chi connectivity index (χ1v) is 19.8. The summed E-state index contributed by atoms with van der Waals surface area (Å²) in [6.07, 6.45) is -0.798. The molecule has 0 saturated carbocycles. The number of nitrogens with zero attached hydrogens (tertiary/aromatic N) is 1. The summed E-state index contributed by atoms with van der Waals surface area (Å²) in [4.78, 5) is 59.8. The van der Waals surface area contributed by atoms with Crippen LogP contribution in [0.5, 0.6) is 0 Å². The lowest BCUT2D eigenvalue weighted by Crippen LogP contribution is -2.58. The van der Waals surface area contributed by atoms with Crippen molar-refractivity contribution in [1.29, 1.82) is 0 Å². The van der Waals surface area contributed by atoms with Crippen molar-refractivity contribution in [1.82, 2.24) is 26.3 Å². The van der Waals surface area contributed by atoms with Gasteiger partial charge in [-0.05, 0) is 40.7 Å². The largest absolute Gasteiger partial charge is 0.445 e. The van der Waals surface area contributed by atoms with Gasteiger partial charge in [0, 0.05) is 17.7 Å². The number of nitrogens with one attached hydrogen (secondary N) is 4. The maximum atomic E-state index is 14.3. The molecule has 296 valence electrons. The second-order valence-corrected chi connectivity index (χ2v) is 15.1. The molecule has 12 nitrogen and oxygen atoms in total. The molecule has 4 rings (SSSR count). The molecule has 6 N–H and O–H groups in total. The van der Waals surface area contributed by atoms with E-state index in [4.69, 9.17) is 4.74 Å². The lowest BCUT2D eigenvalue weighted by molar-refractivity contribution is -0.131. The van der Waals surface area contributed by atoms with Crippen molar-refractivity contribution in [3.8, 4) is 0 Å². The van der Waals surface area contributed by atoms with E-state index < -0.39 is 54.1 Å². The number of aromatic nitrogens is 1. The van der Waals surface area contributed by atoms with Crippen molar-refractivity contribution < 1.29 is 34.1 Å². The predicted molar refractivity (Wildman–Crippen MR) is 214 cm³/mol. The van der Waals surface area contributed by atoms with Gasteiger partial charge in [0.15, 0.2) is 0 Å². The number of fused-ring (bicyclic) bond motifs is 1. The smallest absolute Gasteiger partial charge is 0.408 e. The first kappa shape index (κ1) is 42.9. The Bertz CT molecular complexity index is 1850. The van der Waals surface area contributed by atoms with Gasteiger partial charge in [-0.3, -0.25) is 14.4 Å². The summed E-state index contributed by atoms with van der Waals surface area (Å²) in [6, 6.07) is 19.1. The number of amides is 4. The molecule has 1 aromatic heterocycles. The standard InChI is InChI=1S/C42H55N5O7S/c1-6-26(3)35(23-48)44-38(50)22-36(49)39(27(4)7-2)47-41(52)34(21-37-28(5)43-25-55-37)45-40(51)33(46-42(53)54-24-29-14-9-8-10-15-29)20-31-18-13-17-30-16-11-12-19-32(30)31/h8-19,25-27,33-36,39,48-49H,6-7,20-24H2,1-5H3,(H,44,50)(H,45,51)(H,46,53)(H,47,52)/t26-,27?,33-,34?,35+,36-,39-/m0/s1. The highest BCUT2D eigenvalue weighted by Crippen LogP contribution is 2.21. The zero-order valence-corrected chi connectivity index (χ0v) is 33.1. The van der Waals surface area contributed by atoms with Gasteiger partial charge in [-0.1, -0.05) is 113 Å². The minimum absolute atomic E-state index is 0.000597. The Morgan fingerprint density at radius 1 is 0.800 bits per heavy atom. The van der Waals surface area contributed by atoms with Crippen LogP contribution < -0.4 is 21.3 Å². The normalized spacial score (nSPS) is 15.1. The molecule has 13 heteroatoms. The van der Waals surface area contributed by atoms with Crippen LogP contribution in [-0.2, 0) is 38.6 Å². The van der Waals surface area contributed by atoms with Crippen molar-refractivity contribution in [3.05, 3.63) is 100 Å². The third-order valence-corrected chi connectivity index (χ3v) is 11.2. The second-order valence-electron chi connectivity index (χ2n) is 14.2. The first-order valence-electron chi connectivity index (χ1n) is 19.0. The highest BCUT2D eigenvalue weighted by molar-refractivity contribution is 7.09. The summed E-state index contributed by atoms with van der Waals surface area (Å²) in [6.45, 7) is 9.26. The monoisotopic (exact) mass is 773 g/mol. The molecule has 2 unspecified atom stereocenters. The predicted octanol–water partition coefficient (Wildman–Crippen LogP) is 4.97. The number of hydrogen-bond acceptors (Lipinski definition) is 9. The number of rotatable bonds is 20. The number of alkyl carbamates (subject to hydrolysis) is 1. The van der Waals surface area contributed by atoms with E-state index in [1.54, 1.807) is 5.51 Å². The average Bonchev–Trinajstić information content (AvgIpc) is 3.60. The van der Waals surface area contributed by atoms with Gasteiger partial charge in [-0.15, -0.1) is 11.3 Å². The number of carbonyl (C=O) groups is 4. The maximum absolute atomic E-state index is 14.3. The number of ether oxygens (including phenoxy) is 1. The van der Waals surface area contributed by atoms with Crippen LogP contribution in [0.3, 0.4) is 0 Å². The molecule has 3 aromatic carbocycles. The summed E-state index contributed by atoms with van der Waals surface area (Å²) in [5.41, 5.74) is 3.97. The van der Waals surface area contributed by atoms with Gasteiger partial charge in [0.2, 0.25) is 17.7 Å². The number of carbonyl (C=O) groups excluding carboxylic acids is 4. The van der Waals surface area contributed by atoms with Crippen molar-refractivity contribution in [2.24, 2.45) is 11.8 Å². The van der Waals surface area contributed by atoms with E-state index in [0.717, 1.165) is 33.2 Å². The van der Waals surface area contributed by atoms with E-state index in [0.29, 0.717) is 12.1 Å². The zero-order chi connectivity index (χ0) is 39.9. The molecule has 55 heavy (non-hydrogen) atoms. The summed E-state index contributed by atoms with van der Waals surface area (Å²) in [7, 11) is 0. The third-order valence-electron chi connectivity index (χ3n) is 10.2. The fourth-order valence-corrected chi connectivity index (χ4v) is 7.19. The van der Waals surface area contributed by atoms with Crippen molar-refractivity contribution in [2.75, 3.05) is 6.61 Å². The van der Waals surface area contributed by atoms with E-state index in [1.165, 1.54) is 11.3 Å². The fraction of sp³-hybridized carbons (Fsp3) is 0.452. The fourth-order valence-electron chi connectivity index (χ4n) is 6.37.